The molecule has 2 aliphatic heterocycles. The van der Waals surface area contributed by atoms with Crippen LogP contribution in [0.15, 0.2) is 72.8 Å². The molecule has 8 heteroatoms. The Bertz CT molecular complexity index is 2050. The molecule has 0 spiro atoms. The molecule has 2 aliphatic rings. The molecule has 0 aliphatic carbocycles. The highest BCUT2D eigenvalue weighted by Gasteiger charge is 2.30. The first-order valence-electron chi connectivity index (χ1n) is 18.6. The second-order valence-corrected chi connectivity index (χ2v) is 17.3. The van der Waals surface area contributed by atoms with E-state index in [4.69, 9.17) is 42.1 Å². The number of rotatable bonds is 6. The van der Waals surface area contributed by atoms with E-state index in [2.05, 4.69) is 115 Å². The van der Waals surface area contributed by atoms with Crippen LogP contribution >= 0.6 is 23.2 Å². The lowest BCUT2D eigenvalue weighted by molar-refractivity contribution is 0.171. The molecule has 0 radical (unpaired) electrons. The predicted octanol–water partition coefficient (Wildman–Crippen LogP) is 13.3. The Balaban J connectivity index is 1.51. The summed E-state index contributed by atoms with van der Waals surface area (Å²) in [4.78, 5) is 4.41. The third-order valence-electron chi connectivity index (χ3n) is 10.2. The molecule has 0 fully saturated rings. The highest BCUT2D eigenvalue weighted by Crippen LogP contribution is 2.52. The lowest BCUT2D eigenvalue weighted by Gasteiger charge is -2.35. The number of aryl methyl sites for hydroxylation is 4. The van der Waals surface area contributed by atoms with Gasteiger partial charge in [0.15, 0.2) is 23.0 Å². The second kappa shape index (κ2) is 14.3. The number of nitrogens with zero attached hydrogens (tertiary/aromatic N) is 2. The standard InChI is InChI=1S/C46H50Cl2N2O4/c1-27-19-31(45(5,6)7)20-28(2)43(27)49(34-11-13-38-40(25-34)53-17-15-51-38)36-23-33(47)24-37(42(36)48)50(35-12-14-39-41(26-35)54-18-16-52-39)44-29(3)21-32(22-30(44)4)46(8,9)10/h11-14,19-26H,15-18H2,1-10H3. The van der Waals surface area contributed by atoms with E-state index in [1.54, 1.807) is 0 Å². The molecule has 54 heavy (non-hydrogen) atoms. The van der Waals surface area contributed by atoms with Crippen LogP contribution < -0.4 is 28.7 Å². The summed E-state index contributed by atoms with van der Waals surface area (Å²) in [7, 11) is 0. The van der Waals surface area contributed by atoms with E-state index in [1.807, 2.05) is 36.4 Å². The van der Waals surface area contributed by atoms with Crippen molar-refractivity contribution >= 4 is 57.3 Å². The van der Waals surface area contributed by atoms with Crippen molar-refractivity contribution in [1.29, 1.82) is 0 Å². The van der Waals surface area contributed by atoms with Gasteiger partial charge in [0.1, 0.15) is 26.4 Å². The average molecular weight is 766 g/mol. The van der Waals surface area contributed by atoms with Gasteiger partial charge in [-0.25, -0.2) is 0 Å². The molecule has 2 heterocycles. The highest BCUT2D eigenvalue weighted by molar-refractivity contribution is 6.38. The van der Waals surface area contributed by atoms with Crippen LogP contribution in [0.1, 0.15) is 74.9 Å². The fraction of sp³-hybridized carbons (Fsp3) is 0.348. The number of fused-ring (bicyclic) bond motifs is 2. The molecule has 5 aromatic rings. The molecular weight excluding hydrogens is 715 g/mol. The molecule has 6 nitrogen and oxygen atoms in total. The molecule has 7 rings (SSSR count). The van der Waals surface area contributed by atoms with Gasteiger partial charge in [0, 0.05) is 17.2 Å². The van der Waals surface area contributed by atoms with Crippen molar-refractivity contribution in [2.75, 3.05) is 36.2 Å². The monoisotopic (exact) mass is 764 g/mol. The van der Waals surface area contributed by atoms with E-state index >= 15 is 0 Å². The molecule has 0 bridgehead atoms. The Hall–Kier alpha value is -4.52. The third-order valence-corrected chi connectivity index (χ3v) is 10.8. The minimum absolute atomic E-state index is 0.0286. The summed E-state index contributed by atoms with van der Waals surface area (Å²) in [6, 6.07) is 25.1. The molecule has 0 aromatic heterocycles. The molecule has 0 N–H and O–H groups in total. The maximum Gasteiger partial charge on any atom is 0.163 e. The zero-order valence-corrected chi connectivity index (χ0v) is 34.6. The summed E-state index contributed by atoms with van der Waals surface area (Å²) in [5.74, 6) is 2.81. The Labute approximate surface area is 330 Å². The zero-order valence-electron chi connectivity index (χ0n) is 33.0. The van der Waals surface area contributed by atoms with Gasteiger partial charge >= 0.3 is 0 Å². The summed E-state index contributed by atoms with van der Waals surface area (Å²) in [6.07, 6.45) is 0. The average Bonchev–Trinajstić information content (AvgIpc) is 3.11. The summed E-state index contributed by atoms with van der Waals surface area (Å²) < 4.78 is 24.1. The van der Waals surface area contributed by atoms with Crippen molar-refractivity contribution in [3.05, 3.63) is 116 Å². The summed E-state index contributed by atoms with van der Waals surface area (Å²) in [5.41, 5.74) is 12.1. The van der Waals surface area contributed by atoms with Crippen molar-refractivity contribution in [3.63, 3.8) is 0 Å². The van der Waals surface area contributed by atoms with Gasteiger partial charge < -0.3 is 28.7 Å². The predicted molar refractivity (Wildman–Crippen MR) is 224 cm³/mol. The first-order chi connectivity index (χ1) is 25.5. The largest absolute Gasteiger partial charge is 0.486 e. The van der Waals surface area contributed by atoms with Crippen LogP contribution in [0.5, 0.6) is 23.0 Å². The summed E-state index contributed by atoms with van der Waals surface area (Å²) in [6.45, 7) is 24.1. The summed E-state index contributed by atoms with van der Waals surface area (Å²) >= 11 is 15.0. The van der Waals surface area contributed by atoms with Gasteiger partial charge in [-0.3, -0.25) is 0 Å². The Morgan fingerprint density at radius 2 is 0.796 bits per heavy atom. The Morgan fingerprint density at radius 3 is 1.13 bits per heavy atom. The van der Waals surface area contributed by atoms with Gasteiger partial charge in [0.05, 0.1) is 39.1 Å². The fourth-order valence-corrected chi connectivity index (χ4v) is 7.97. The van der Waals surface area contributed by atoms with Crippen LogP contribution in [0.3, 0.4) is 0 Å². The molecule has 0 saturated heterocycles. The van der Waals surface area contributed by atoms with Crippen molar-refractivity contribution < 1.29 is 18.9 Å². The van der Waals surface area contributed by atoms with Crippen molar-refractivity contribution in [3.8, 4) is 23.0 Å². The SMILES string of the molecule is Cc1cc(C(C)(C)C)cc(C)c1N(c1ccc2c(c1)OCCO2)c1cc(Cl)cc(N(c2ccc3c(c2)OCCO3)c2c(C)cc(C(C)(C)C)cc2C)c1Cl. The number of anilines is 6. The van der Waals surface area contributed by atoms with Crippen molar-refractivity contribution in [1.82, 2.24) is 0 Å². The normalized spacial score (nSPS) is 13.9. The van der Waals surface area contributed by atoms with Crippen molar-refractivity contribution in [2.45, 2.75) is 80.1 Å². The second-order valence-electron chi connectivity index (χ2n) is 16.5. The fourth-order valence-electron chi connectivity index (χ4n) is 7.49. The van der Waals surface area contributed by atoms with Crippen LogP contribution in [0.4, 0.5) is 34.1 Å². The number of benzene rings is 5. The molecule has 0 unspecified atom stereocenters. The van der Waals surface area contributed by atoms with Crippen LogP contribution in [0, 0.1) is 27.7 Å². The van der Waals surface area contributed by atoms with Crippen LogP contribution in [-0.4, -0.2) is 26.4 Å². The minimum atomic E-state index is -0.0286. The van der Waals surface area contributed by atoms with E-state index in [0.29, 0.717) is 59.5 Å². The number of halogens is 2. The van der Waals surface area contributed by atoms with E-state index in [0.717, 1.165) is 56.4 Å². The third kappa shape index (κ3) is 7.19. The van der Waals surface area contributed by atoms with Gasteiger partial charge in [-0.1, -0.05) is 89.0 Å². The molecule has 0 atom stereocenters. The Kier molecular flexibility index (Phi) is 9.99. The smallest absolute Gasteiger partial charge is 0.163 e. The zero-order chi connectivity index (χ0) is 38.7. The quantitative estimate of drug-likeness (QED) is 0.172. The van der Waals surface area contributed by atoms with E-state index in [9.17, 15) is 0 Å². The van der Waals surface area contributed by atoms with E-state index in [1.165, 1.54) is 11.1 Å². The van der Waals surface area contributed by atoms with Gasteiger partial charge in [0.25, 0.3) is 0 Å². The van der Waals surface area contributed by atoms with Crippen LogP contribution in [-0.2, 0) is 10.8 Å². The van der Waals surface area contributed by atoms with Crippen LogP contribution in [0.2, 0.25) is 10.0 Å². The van der Waals surface area contributed by atoms with Crippen molar-refractivity contribution in [2.24, 2.45) is 0 Å². The number of hydrogen-bond donors (Lipinski definition) is 0. The first-order valence-corrected chi connectivity index (χ1v) is 19.4. The van der Waals surface area contributed by atoms with Crippen LogP contribution in [0.25, 0.3) is 0 Å². The summed E-state index contributed by atoms with van der Waals surface area (Å²) in [5, 5.41) is 1.07. The molecule has 0 amide bonds. The number of hydrogen-bond acceptors (Lipinski definition) is 6. The van der Waals surface area contributed by atoms with Gasteiger partial charge in [0.2, 0.25) is 0 Å². The minimum Gasteiger partial charge on any atom is -0.486 e. The highest BCUT2D eigenvalue weighted by atomic mass is 35.5. The topological polar surface area (TPSA) is 43.4 Å². The van der Waals surface area contributed by atoms with E-state index in [-0.39, 0.29) is 10.8 Å². The maximum atomic E-state index is 7.82. The first kappa shape index (κ1) is 37.8. The van der Waals surface area contributed by atoms with Gasteiger partial charge in [-0.2, -0.15) is 0 Å². The lowest BCUT2D eigenvalue weighted by atomic mass is 9.84. The van der Waals surface area contributed by atoms with E-state index < -0.39 is 0 Å². The number of ether oxygens (including phenoxy) is 4. The van der Waals surface area contributed by atoms with Gasteiger partial charge in [-0.15, -0.1) is 0 Å². The molecule has 282 valence electrons. The maximum absolute atomic E-state index is 7.82. The molecule has 0 saturated carbocycles. The Morgan fingerprint density at radius 1 is 0.463 bits per heavy atom. The van der Waals surface area contributed by atoms with Gasteiger partial charge in [-0.05, 0) is 108 Å². The molecule has 5 aromatic carbocycles. The lowest BCUT2D eigenvalue weighted by Crippen LogP contribution is -2.20. The molecular formula is C46H50Cl2N2O4.